The van der Waals surface area contributed by atoms with E-state index in [1.165, 1.54) is 24.0 Å². The summed E-state index contributed by atoms with van der Waals surface area (Å²) in [6.07, 6.45) is 7.53. The second-order valence-electron chi connectivity index (χ2n) is 4.18. The lowest BCUT2D eigenvalue weighted by Gasteiger charge is -2.13. The van der Waals surface area contributed by atoms with Gasteiger partial charge < -0.3 is 5.73 Å². The zero-order valence-corrected chi connectivity index (χ0v) is 8.09. The van der Waals surface area contributed by atoms with Gasteiger partial charge >= 0.3 is 0 Å². The molecular formula is C11H16N2. The number of nitrogens with two attached hydrogens (primary N) is 1. The molecule has 0 aromatic carbocycles. The van der Waals surface area contributed by atoms with Crippen LogP contribution in [0.1, 0.15) is 24.0 Å². The summed E-state index contributed by atoms with van der Waals surface area (Å²) in [4.78, 5) is 4.09. The molecule has 1 saturated carbocycles. The van der Waals surface area contributed by atoms with Crippen molar-refractivity contribution in [3.8, 4) is 0 Å². The Balaban J connectivity index is 2.14. The molecule has 0 spiro atoms. The maximum absolute atomic E-state index is 5.75. The average molecular weight is 176 g/mol. The fourth-order valence-corrected chi connectivity index (χ4v) is 1.73. The summed E-state index contributed by atoms with van der Waals surface area (Å²) >= 11 is 0. The van der Waals surface area contributed by atoms with Crippen molar-refractivity contribution in [3.63, 3.8) is 0 Å². The predicted molar refractivity (Wildman–Crippen MR) is 53.4 cm³/mol. The SMILES string of the molecule is Cc1cnccc1CC1(CN)CC1. The summed E-state index contributed by atoms with van der Waals surface area (Å²) in [7, 11) is 0. The van der Waals surface area contributed by atoms with Gasteiger partial charge in [-0.25, -0.2) is 0 Å². The standard InChI is InChI=1S/C11H16N2/c1-9-7-13-5-2-10(9)6-11(8-12)3-4-11/h2,5,7H,3-4,6,8,12H2,1H3. The van der Waals surface area contributed by atoms with Crippen LogP contribution in [-0.2, 0) is 6.42 Å². The molecule has 1 heterocycles. The van der Waals surface area contributed by atoms with E-state index in [1.54, 1.807) is 0 Å². The highest BCUT2D eigenvalue weighted by molar-refractivity contribution is 5.24. The van der Waals surface area contributed by atoms with Crippen LogP contribution in [0.2, 0.25) is 0 Å². The first-order valence-corrected chi connectivity index (χ1v) is 4.85. The fourth-order valence-electron chi connectivity index (χ4n) is 1.73. The van der Waals surface area contributed by atoms with Crippen LogP contribution < -0.4 is 5.73 Å². The second kappa shape index (κ2) is 3.11. The molecule has 0 radical (unpaired) electrons. The van der Waals surface area contributed by atoms with E-state index in [2.05, 4.69) is 18.0 Å². The minimum atomic E-state index is 0.437. The van der Waals surface area contributed by atoms with Crippen molar-refractivity contribution in [1.29, 1.82) is 0 Å². The third kappa shape index (κ3) is 1.73. The van der Waals surface area contributed by atoms with Gasteiger partial charge in [0.15, 0.2) is 0 Å². The van der Waals surface area contributed by atoms with Crippen LogP contribution in [-0.4, -0.2) is 11.5 Å². The number of hydrogen-bond donors (Lipinski definition) is 1. The van der Waals surface area contributed by atoms with Gasteiger partial charge in [0.05, 0.1) is 0 Å². The predicted octanol–water partition coefficient (Wildman–Crippen LogP) is 1.67. The molecule has 0 atom stereocenters. The molecule has 1 aliphatic rings. The third-order valence-electron chi connectivity index (χ3n) is 3.09. The molecule has 0 unspecified atom stereocenters. The van der Waals surface area contributed by atoms with Crippen molar-refractivity contribution < 1.29 is 0 Å². The summed E-state index contributed by atoms with van der Waals surface area (Å²) in [5.41, 5.74) is 8.90. The molecule has 13 heavy (non-hydrogen) atoms. The third-order valence-corrected chi connectivity index (χ3v) is 3.09. The molecule has 1 fully saturated rings. The first kappa shape index (κ1) is 8.70. The molecule has 1 aromatic rings. The Morgan fingerprint density at radius 2 is 2.31 bits per heavy atom. The molecule has 0 bridgehead atoms. The lowest BCUT2D eigenvalue weighted by Crippen LogP contribution is -2.18. The van der Waals surface area contributed by atoms with Crippen LogP contribution in [0.5, 0.6) is 0 Å². The normalized spacial score (nSPS) is 18.6. The lowest BCUT2D eigenvalue weighted by atomic mass is 9.95. The summed E-state index contributed by atoms with van der Waals surface area (Å²) in [5, 5.41) is 0. The summed E-state index contributed by atoms with van der Waals surface area (Å²) in [6.45, 7) is 2.95. The first-order valence-electron chi connectivity index (χ1n) is 4.85. The molecular weight excluding hydrogens is 160 g/mol. The van der Waals surface area contributed by atoms with Gasteiger partial charge in [-0.1, -0.05) is 0 Å². The molecule has 0 saturated heterocycles. The van der Waals surface area contributed by atoms with Crippen molar-refractivity contribution in [1.82, 2.24) is 4.98 Å². The highest BCUT2D eigenvalue weighted by Gasteiger charge is 2.41. The van der Waals surface area contributed by atoms with Crippen molar-refractivity contribution in [2.75, 3.05) is 6.54 Å². The molecule has 1 aliphatic carbocycles. The maximum atomic E-state index is 5.75. The highest BCUT2D eigenvalue weighted by atomic mass is 14.7. The minimum Gasteiger partial charge on any atom is -0.330 e. The van der Waals surface area contributed by atoms with Gasteiger partial charge in [-0.2, -0.15) is 0 Å². The monoisotopic (exact) mass is 176 g/mol. The fraction of sp³-hybridized carbons (Fsp3) is 0.545. The molecule has 70 valence electrons. The van der Waals surface area contributed by atoms with Gasteiger partial charge in [0.25, 0.3) is 0 Å². The maximum Gasteiger partial charge on any atom is 0.0299 e. The number of aryl methyl sites for hydroxylation is 1. The number of pyridine rings is 1. The molecule has 2 N–H and O–H groups in total. The zero-order chi connectivity index (χ0) is 9.31. The Morgan fingerprint density at radius 3 is 2.85 bits per heavy atom. The number of aromatic nitrogens is 1. The van der Waals surface area contributed by atoms with Gasteiger partial charge in [0.2, 0.25) is 0 Å². The van der Waals surface area contributed by atoms with E-state index in [-0.39, 0.29) is 0 Å². The molecule has 0 aliphatic heterocycles. The topological polar surface area (TPSA) is 38.9 Å². The molecule has 2 nitrogen and oxygen atoms in total. The van der Waals surface area contributed by atoms with Crippen LogP contribution in [0.25, 0.3) is 0 Å². The molecule has 1 aromatic heterocycles. The van der Waals surface area contributed by atoms with E-state index in [9.17, 15) is 0 Å². The average Bonchev–Trinajstić information content (AvgIpc) is 2.90. The highest BCUT2D eigenvalue weighted by Crippen LogP contribution is 2.47. The first-order chi connectivity index (χ1) is 6.26. The lowest BCUT2D eigenvalue weighted by molar-refractivity contribution is 0.519. The molecule has 2 heteroatoms. The van der Waals surface area contributed by atoms with Crippen LogP contribution in [0, 0.1) is 12.3 Å². The van der Waals surface area contributed by atoms with Gasteiger partial charge in [-0.15, -0.1) is 0 Å². The van der Waals surface area contributed by atoms with Gasteiger partial charge in [-0.05, 0) is 55.3 Å². The van der Waals surface area contributed by atoms with E-state index in [1.807, 2.05) is 12.4 Å². The Kier molecular flexibility index (Phi) is 2.08. The molecule has 0 amide bonds. The van der Waals surface area contributed by atoms with Crippen molar-refractivity contribution in [3.05, 3.63) is 29.6 Å². The summed E-state index contributed by atoms with van der Waals surface area (Å²) in [5.74, 6) is 0. The minimum absolute atomic E-state index is 0.437. The Morgan fingerprint density at radius 1 is 1.54 bits per heavy atom. The Bertz CT molecular complexity index is 303. The molecule has 2 rings (SSSR count). The Hall–Kier alpha value is -0.890. The van der Waals surface area contributed by atoms with Gasteiger partial charge in [0.1, 0.15) is 0 Å². The number of nitrogens with zero attached hydrogens (tertiary/aromatic N) is 1. The quantitative estimate of drug-likeness (QED) is 0.761. The van der Waals surface area contributed by atoms with E-state index in [4.69, 9.17) is 5.73 Å². The Labute approximate surface area is 79.2 Å². The van der Waals surface area contributed by atoms with Crippen LogP contribution in [0.3, 0.4) is 0 Å². The van der Waals surface area contributed by atoms with E-state index in [0.717, 1.165) is 13.0 Å². The van der Waals surface area contributed by atoms with E-state index in [0.29, 0.717) is 5.41 Å². The van der Waals surface area contributed by atoms with E-state index < -0.39 is 0 Å². The van der Waals surface area contributed by atoms with Crippen molar-refractivity contribution in [2.45, 2.75) is 26.2 Å². The van der Waals surface area contributed by atoms with Crippen molar-refractivity contribution in [2.24, 2.45) is 11.1 Å². The number of rotatable bonds is 3. The van der Waals surface area contributed by atoms with Gasteiger partial charge in [0, 0.05) is 12.4 Å². The number of hydrogen-bond acceptors (Lipinski definition) is 2. The van der Waals surface area contributed by atoms with E-state index >= 15 is 0 Å². The largest absolute Gasteiger partial charge is 0.330 e. The second-order valence-corrected chi connectivity index (χ2v) is 4.18. The summed E-state index contributed by atoms with van der Waals surface area (Å²) < 4.78 is 0. The van der Waals surface area contributed by atoms with Crippen LogP contribution in [0.4, 0.5) is 0 Å². The van der Waals surface area contributed by atoms with Gasteiger partial charge in [-0.3, -0.25) is 4.98 Å². The van der Waals surface area contributed by atoms with Crippen molar-refractivity contribution >= 4 is 0 Å². The van der Waals surface area contributed by atoms with Crippen LogP contribution >= 0.6 is 0 Å². The smallest absolute Gasteiger partial charge is 0.0299 e. The zero-order valence-electron chi connectivity index (χ0n) is 8.09. The van der Waals surface area contributed by atoms with Crippen LogP contribution in [0.15, 0.2) is 18.5 Å². The summed E-state index contributed by atoms with van der Waals surface area (Å²) in [6, 6.07) is 2.12.